The van der Waals surface area contributed by atoms with Crippen molar-refractivity contribution in [1.82, 2.24) is 0 Å². The van der Waals surface area contributed by atoms with Crippen molar-refractivity contribution in [2.45, 2.75) is 26.2 Å². The molecule has 0 fully saturated rings. The summed E-state index contributed by atoms with van der Waals surface area (Å²) in [6.45, 7) is 6.05. The van der Waals surface area contributed by atoms with Gasteiger partial charge >= 0.3 is 0 Å². The van der Waals surface area contributed by atoms with E-state index in [4.69, 9.17) is 0 Å². The fourth-order valence-electron chi connectivity index (χ4n) is 1.87. The van der Waals surface area contributed by atoms with Gasteiger partial charge in [-0.15, -0.1) is 11.3 Å². The number of aromatic hydroxyl groups is 1. The number of phenols is 1. The van der Waals surface area contributed by atoms with Crippen LogP contribution < -0.4 is 0 Å². The predicted octanol–water partition coefficient (Wildman–Crippen LogP) is 3.98. The molecule has 0 aliphatic heterocycles. The molecular weight excluding hydrogens is 244 g/mol. The number of para-hydroxylation sites is 1. The molecule has 1 aromatic carbocycles. The lowest BCUT2D eigenvalue weighted by molar-refractivity contribution is 0.103. The normalized spacial score (nSPS) is 11.5. The number of carbonyl (C=O) groups excluding carboxylic acids is 1. The second-order valence-electron chi connectivity index (χ2n) is 5.26. The molecular formula is C15H16O2S. The van der Waals surface area contributed by atoms with E-state index in [1.165, 1.54) is 11.3 Å². The molecule has 0 atom stereocenters. The van der Waals surface area contributed by atoms with Gasteiger partial charge in [-0.2, -0.15) is 0 Å². The molecule has 0 radical (unpaired) electrons. The number of phenolic OH excluding ortho intramolecular Hbond substituents is 1. The van der Waals surface area contributed by atoms with Gasteiger partial charge < -0.3 is 5.11 Å². The van der Waals surface area contributed by atoms with Crippen molar-refractivity contribution in [3.63, 3.8) is 0 Å². The minimum absolute atomic E-state index is 0.100. The molecule has 0 amide bonds. The summed E-state index contributed by atoms with van der Waals surface area (Å²) >= 11 is 1.39. The van der Waals surface area contributed by atoms with Gasteiger partial charge in [-0.3, -0.25) is 4.79 Å². The number of benzene rings is 1. The summed E-state index contributed by atoms with van der Waals surface area (Å²) in [7, 11) is 0. The van der Waals surface area contributed by atoms with Crippen LogP contribution in [0.4, 0.5) is 0 Å². The molecule has 0 unspecified atom stereocenters. The summed E-state index contributed by atoms with van der Waals surface area (Å²) in [6, 6.07) is 8.97. The van der Waals surface area contributed by atoms with Crippen molar-refractivity contribution < 1.29 is 9.90 Å². The minimum Gasteiger partial charge on any atom is -0.507 e. The first-order valence-electron chi connectivity index (χ1n) is 5.82. The van der Waals surface area contributed by atoms with Gasteiger partial charge in [-0.1, -0.05) is 39.0 Å². The minimum atomic E-state index is -0.185. The van der Waals surface area contributed by atoms with Gasteiger partial charge in [0, 0.05) is 0 Å². The highest BCUT2D eigenvalue weighted by Gasteiger charge is 2.23. The Morgan fingerprint density at radius 2 is 1.89 bits per heavy atom. The second-order valence-corrected chi connectivity index (χ2v) is 6.21. The van der Waals surface area contributed by atoms with Crippen LogP contribution in [0, 0.1) is 0 Å². The van der Waals surface area contributed by atoms with E-state index in [0.29, 0.717) is 10.4 Å². The maximum Gasteiger partial charge on any atom is 0.206 e. The van der Waals surface area contributed by atoms with Crippen molar-refractivity contribution in [3.05, 3.63) is 51.7 Å². The third-order valence-electron chi connectivity index (χ3n) is 2.83. The van der Waals surface area contributed by atoms with Crippen molar-refractivity contribution in [3.8, 4) is 5.75 Å². The summed E-state index contributed by atoms with van der Waals surface area (Å²) in [6.07, 6.45) is 0. The highest BCUT2D eigenvalue weighted by Crippen LogP contribution is 2.34. The molecule has 3 heteroatoms. The molecule has 1 heterocycles. The molecule has 0 saturated heterocycles. The van der Waals surface area contributed by atoms with Crippen LogP contribution in [0.3, 0.4) is 0 Å². The Balaban J connectivity index is 2.50. The zero-order valence-corrected chi connectivity index (χ0v) is 11.5. The third kappa shape index (κ3) is 2.31. The maximum atomic E-state index is 12.3. The van der Waals surface area contributed by atoms with E-state index in [1.54, 1.807) is 12.1 Å². The van der Waals surface area contributed by atoms with Crippen LogP contribution in [-0.4, -0.2) is 10.9 Å². The molecule has 0 aliphatic carbocycles. The van der Waals surface area contributed by atoms with E-state index < -0.39 is 0 Å². The Morgan fingerprint density at radius 3 is 2.44 bits per heavy atom. The van der Waals surface area contributed by atoms with E-state index in [9.17, 15) is 9.90 Å². The number of ketones is 1. The molecule has 2 aromatic rings. The van der Waals surface area contributed by atoms with Crippen LogP contribution in [0.2, 0.25) is 0 Å². The lowest BCUT2D eigenvalue weighted by atomic mass is 9.84. The standard InChI is InChI=1S/C15H16O2S/c1-15(2,3)11-7-4-6-10(13(11)16)14(17)12-8-5-9-18-12/h4-9,16H,1-3H3. The van der Waals surface area contributed by atoms with Gasteiger partial charge in [0.1, 0.15) is 5.75 Å². The fraction of sp³-hybridized carbons (Fsp3) is 0.267. The van der Waals surface area contributed by atoms with Gasteiger partial charge in [0.15, 0.2) is 0 Å². The molecule has 2 nitrogen and oxygen atoms in total. The quantitative estimate of drug-likeness (QED) is 0.829. The molecule has 0 bridgehead atoms. The van der Waals surface area contributed by atoms with E-state index in [0.717, 1.165) is 5.56 Å². The summed E-state index contributed by atoms with van der Waals surface area (Å²) < 4.78 is 0. The predicted molar refractivity (Wildman–Crippen MR) is 74.6 cm³/mol. The van der Waals surface area contributed by atoms with Gasteiger partial charge in [-0.25, -0.2) is 0 Å². The molecule has 0 saturated carbocycles. The summed E-state index contributed by atoms with van der Waals surface area (Å²) in [5, 5.41) is 12.1. The van der Waals surface area contributed by atoms with Crippen LogP contribution in [0.15, 0.2) is 35.7 Å². The number of hydrogen-bond donors (Lipinski definition) is 1. The summed E-state index contributed by atoms with van der Waals surface area (Å²) in [5.41, 5.74) is 0.991. The van der Waals surface area contributed by atoms with Crippen molar-refractivity contribution in [2.75, 3.05) is 0 Å². The number of carbonyl (C=O) groups is 1. The van der Waals surface area contributed by atoms with Gasteiger partial charge in [0.2, 0.25) is 5.78 Å². The van der Waals surface area contributed by atoms with Crippen molar-refractivity contribution >= 4 is 17.1 Å². The third-order valence-corrected chi connectivity index (χ3v) is 3.70. The van der Waals surface area contributed by atoms with Crippen LogP contribution in [0.25, 0.3) is 0 Å². The Bertz CT molecular complexity index is 563. The molecule has 0 aliphatic rings. The van der Waals surface area contributed by atoms with E-state index in [-0.39, 0.29) is 16.9 Å². The molecule has 94 valence electrons. The van der Waals surface area contributed by atoms with E-state index in [2.05, 4.69) is 0 Å². The Kier molecular flexibility index (Phi) is 3.26. The number of hydrogen-bond acceptors (Lipinski definition) is 3. The zero-order valence-electron chi connectivity index (χ0n) is 10.7. The average molecular weight is 260 g/mol. The van der Waals surface area contributed by atoms with E-state index in [1.807, 2.05) is 44.4 Å². The highest BCUT2D eigenvalue weighted by atomic mass is 32.1. The molecule has 0 spiro atoms. The van der Waals surface area contributed by atoms with Crippen LogP contribution in [0.5, 0.6) is 5.75 Å². The smallest absolute Gasteiger partial charge is 0.206 e. The number of thiophene rings is 1. The SMILES string of the molecule is CC(C)(C)c1cccc(C(=O)c2cccs2)c1O. The first-order chi connectivity index (χ1) is 8.41. The monoisotopic (exact) mass is 260 g/mol. The zero-order chi connectivity index (χ0) is 13.3. The van der Waals surface area contributed by atoms with Gasteiger partial charge in [-0.05, 0) is 28.5 Å². The van der Waals surface area contributed by atoms with Crippen molar-refractivity contribution in [1.29, 1.82) is 0 Å². The van der Waals surface area contributed by atoms with Crippen LogP contribution in [0.1, 0.15) is 41.6 Å². The maximum absolute atomic E-state index is 12.3. The number of rotatable bonds is 2. The first kappa shape index (κ1) is 12.8. The van der Waals surface area contributed by atoms with Crippen LogP contribution in [-0.2, 0) is 5.41 Å². The lowest BCUT2D eigenvalue weighted by Crippen LogP contribution is -2.13. The van der Waals surface area contributed by atoms with Crippen LogP contribution >= 0.6 is 11.3 Å². The summed E-state index contributed by atoms with van der Waals surface area (Å²) in [4.78, 5) is 12.9. The molecule has 1 N–H and O–H groups in total. The first-order valence-corrected chi connectivity index (χ1v) is 6.70. The highest BCUT2D eigenvalue weighted by molar-refractivity contribution is 7.12. The largest absolute Gasteiger partial charge is 0.507 e. The molecule has 18 heavy (non-hydrogen) atoms. The summed E-state index contributed by atoms with van der Waals surface area (Å²) in [5.74, 6) is -0.0167. The lowest BCUT2D eigenvalue weighted by Gasteiger charge is -2.21. The second kappa shape index (κ2) is 4.58. The fourth-order valence-corrected chi connectivity index (χ4v) is 2.55. The Morgan fingerprint density at radius 1 is 1.17 bits per heavy atom. The van der Waals surface area contributed by atoms with Gasteiger partial charge in [0.05, 0.1) is 10.4 Å². The Labute approximate surface area is 111 Å². The van der Waals surface area contributed by atoms with Gasteiger partial charge in [0.25, 0.3) is 0 Å². The Hall–Kier alpha value is -1.61. The van der Waals surface area contributed by atoms with E-state index >= 15 is 0 Å². The topological polar surface area (TPSA) is 37.3 Å². The average Bonchev–Trinajstić information content (AvgIpc) is 2.80. The van der Waals surface area contributed by atoms with Crippen molar-refractivity contribution in [2.24, 2.45) is 0 Å². The molecule has 2 rings (SSSR count). The molecule has 1 aromatic heterocycles.